The zero-order chi connectivity index (χ0) is 12.7. The Bertz CT molecular complexity index is 570. The highest BCUT2D eigenvalue weighted by molar-refractivity contribution is 5.82. The Hall–Kier alpha value is -1.32. The summed E-state index contributed by atoms with van der Waals surface area (Å²) in [5.41, 5.74) is 2.63. The number of likely N-dealkylation sites (tertiary alicyclic amines) is 1. The molecule has 1 aromatic heterocycles. The van der Waals surface area contributed by atoms with Crippen LogP contribution in [-0.2, 0) is 6.54 Å². The molecule has 2 N–H and O–H groups in total. The van der Waals surface area contributed by atoms with Gasteiger partial charge in [-0.3, -0.25) is 4.90 Å². The molecule has 1 atom stereocenters. The summed E-state index contributed by atoms with van der Waals surface area (Å²) in [4.78, 5) is 6.01. The lowest BCUT2D eigenvalue weighted by Gasteiger charge is -2.15. The van der Waals surface area contributed by atoms with Crippen LogP contribution in [-0.4, -0.2) is 35.1 Å². The first kappa shape index (κ1) is 11.5. The minimum atomic E-state index is 0.675. The molecule has 2 heterocycles. The van der Waals surface area contributed by atoms with Gasteiger partial charge in [0.05, 0.1) is 0 Å². The zero-order valence-corrected chi connectivity index (χ0v) is 11.2. The third-order valence-corrected chi connectivity index (χ3v) is 4.54. The van der Waals surface area contributed by atoms with Crippen molar-refractivity contribution in [2.75, 3.05) is 13.1 Å². The second-order valence-electron chi connectivity index (χ2n) is 5.95. The molecule has 2 aliphatic rings. The SMILES string of the molecule is c1ccc2c(CNC3CCN(C4CC4)C3)c[nH]c2c1. The minimum absolute atomic E-state index is 0.675. The lowest BCUT2D eigenvalue weighted by atomic mass is 10.1. The van der Waals surface area contributed by atoms with Crippen LogP contribution < -0.4 is 5.32 Å². The number of nitrogens with zero attached hydrogens (tertiary/aromatic N) is 1. The third kappa shape index (κ3) is 2.28. The van der Waals surface area contributed by atoms with Gasteiger partial charge in [0.1, 0.15) is 0 Å². The van der Waals surface area contributed by atoms with Crippen LogP contribution in [0.2, 0.25) is 0 Å². The summed E-state index contributed by atoms with van der Waals surface area (Å²) in [5, 5.41) is 5.08. The van der Waals surface area contributed by atoms with Crippen LogP contribution in [0, 0.1) is 0 Å². The summed E-state index contributed by atoms with van der Waals surface area (Å²) in [6.45, 7) is 3.51. The number of fused-ring (bicyclic) bond motifs is 1. The quantitative estimate of drug-likeness (QED) is 0.879. The zero-order valence-electron chi connectivity index (χ0n) is 11.2. The molecule has 3 nitrogen and oxygen atoms in total. The Kier molecular flexibility index (Phi) is 2.82. The maximum Gasteiger partial charge on any atom is 0.0457 e. The number of aromatic nitrogens is 1. The largest absolute Gasteiger partial charge is 0.361 e. The Morgan fingerprint density at radius 2 is 2.11 bits per heavy atom. The molecule has 0 spiro atoms. The Balaban J connectivity index is 1.39. The van der Waals surface area contributed by atoms with Crippen molar-refractivity contribution in [3.8, 4) is 0 Å². The van der Waals surface area contributed by atoms with Gasteiger partial charge in [-0.15, -0.1) is 0 Å². The molecule has 1 aliphatic carbocycles. The molecule has 1 aromatic carbocycles. The summed E-state index contributed by atoms with van der Waals surface area (Å²) in [5.74, 6) is 0. The molecule has 3 heteroatoms. The fourth-order valence-corrected chi connectivity index (χ4v) is 3.26. The normalized spacial score (nSPS) is 24.3. The van der Waals surface area contributed by atoms with Gasteiger partial charge in [-0.05, 0) is 30.9 Å². The molecular formula is C16H21N3. The van der Waals surface area contributed by atoms with E-state index < -0.39 is 0 Å². The molecule has 100 valence electrons. The number of H-pyrrole nitrogens is 1. The smallest absolute Gasteiger partial charge is 0.0457 e. The maximum atomic E-state index is 3.73. The molecule has 19 heavy (non-hydrogen) atoms. The van der Waals surface area contributed by atoms with Crippen molar-refractivity contribution >= 4 is 10.9 Å². The van der Waals surface area contributed by atoms with Crippen LogP contribution in [0.3, 0.4) is 0 Å². The first-order chi connectivity index (χ1) is 9.40. The summed E-state index contributed by atoms with van der Waals surface area (Å²) in [7, 11) is 0. The van der Waals surface area contributed by atoms with Crippen LogP contribution in [0.15, 0.2) is 30.5 Å². The van der Waals surface area contributed by atoms with Crippen molar-refractivity contribution < 1.29 is 0 Å². The minimum Gasteiger partial charge on any atom is -0.361 e. The van der Waals surface area contributed by atoms with Gasteiger partial charge in [0, 0.05) is 48.8 Å². The van der Waals surface area contributed by atoms with E-state index in [1.165, 1.54) is 48.8 Å². The molecule has 1 saturated heterocycles. The van der Waals surface area contributed by atoms with E-state index in [-0.39, 0.29) is 0 Å². The van der Waals surface area contributed by atoms with Gasteiger partial charge >= 0.3 is 0 Å². The highest BCUT2D eigenvalue weighted by Gasteiger charge is 2.34. The number of nitrogens with one attached hydrogen (secondary N) is 2. The van der Waals surface area contributed by atoms with Gasteiger partial charge in [0.15, 0.2) is 0 Å². The van der Waals surface area contributed by atoms with Crippen LogP contribution in [0.1, 0.15) is 24.8 Å². The van der Waals surface area contributed by atoms with E-state index in [4.69, 9.17) is 0 Å². The Morgan fingerprint density at radius 3 is 3.00 bits per heavy atom. The lowest BCUT2D eigenvalue weighted by Crippen LogP contribution is -2.32. The van der Waals surface area contributed by atoms with Gasteiger partial charge < -0.3 is 10.3 Å². The van der Waals surface area contributed by atoms with Gasteiger partial charge in [0.25, 0.3) is 0 Å². The van der Waals surface area contributed by atoms with Crippen LogP contribution in [0.5, 0.6) is 0 Å². The molecule has 2 aromatic rings. The van der Waals surface area contributed by atoms with Crippen molar-refractivity contribution in [1.82, 2.24) is 15.2 Å². The molecular weight excluding hydrogens is 234 g/mol. The number of benzene rings is 1. The second kappa shape index (κ2) is 4.66. The fourth-order valence-electron chi connectivity index (χ4n) is 3.26. The molecule has 0 amide bonds. The summed E-state index contributed by atoms with van der Waals surface area (Å²) in [6, 6.07) is 10.1. The van der Waals surface area contributed by atoms with Crippen molar-refractivity contribution in [3.63, 3.8) is 0 Å². The highest BCUT2D eigenvalue weighted by atomic mass is 15.2. The van der Waals surface area contributed by atoms with E-state index in [9.17, 15) is 0 Å². The molecule has 4 rings (SSSR count). The van der Waals surface area contributed by atoms with E-state index in [2.05, 4.69) is 45.7 Å². The predicted octanol–water partition coefficient (Wildman–Crippen LogP) is 2.49. The maximum absolute atomic E-state index is 3.73. The first-order valence-corrected chi connectivity index (χ1v) is 7.42. The summed E-state index contributed by atoms with van der Waals surface area (Å²) in [6.07, 6.45) is 6.30. The Morgan fingerprint density at radius 1 is 1.21 bits per heavy atom. The molecule has 0 radical (unpaired) electrons. The topological polar surface area (TPSA) is 31.1 Å². The number of rotatable bonds is 4. The van der Waals surface area contributed by atoms with Crippen molar-refractivity contribution in [1.29, 1.82) is 0 Å². The van der Waals surface area contributed by atoms with Crippen molar-refractivity contribution in [2.24, 2.45) is 0 Å². The standard InChI is InChI=1S/C16H21N3/c1-2-4-16-15(3-1)12(10-18-16)9-17-13-7-8-19(11-13)14-5-6-14/h1-4,10,13-14,17-18H,5-9,11H2. The number of hydrogen-bond donors (Lipinski definition) is 2. The summed E-state index contributed by atoms with van der Waals surface area (Å²) >= 11 is 0. The van der Waals surface area contributed by atoms with Crippen LogP contribution in [0.4, 0.5) is 0 Å². The molecule has 2 fully saturated rings. The number of para-hydroxylation sites is 1. The Labute approximate surface area is 114 Å². The van der Waals surface area contributed by atoms with E-state index in [1.807, 2.05) is 0 Å². The highest BCUT2D eigenvalue weighted by Crippen LogP contribution is 2.30. The summed E-state index contributed by atoms with van der Waals surface area (Å²) < 4.78 is 0. The van der Waals surface area contributed by atoms with Gasteiger partial charge in [0.2, 0.25) is 0 Å². The van der Waals surface area contributed by atoms with Crippen LogP contribution >= 0.6 is 0 Å². The second-order valence-corrected chi connectivity index (χ2v) is 5.95. The van der Waals surface area contributed by atoms with Gasteiger partial charge in [-0.2, -0.15) is 0 Å². The van der Waals surface area contributed by atoms with Gasteiger partial charge in [-0.1, -0.05) is 18.2 Å². The predicted molar refractivity (Wildman–Crippen MR) is 78.1 cm³/mol. The average molecular weight is 255 g/mol. The molecule has 0 bridgehead atoms. The molecule has 1 saturated carbocycles. The molecule has 1 unspecified atom stereocenters. The van der Waals surface area contributed by atoms with E-state index in [0.717, 1.165) is 12.6 Å². The third-order valence-electron chi connectivity index (χ3n) is 4.54. The average Bonchev–Trinajstić information content (AvgIpc) is 3.05. The van der Waals surface area contributed by atoms with Crippen LogP contribution in [0.25, 0.3) is 10.9 Å². The molecule has 1 aliphatic heterocycles. The van der Waals surface area contributed by atoms with E-state index >= 15 is 0 Å². The monoisotopic (exact) mass is 255 g/mol. The van der Waals surface area contributed by atoms with E-state index in [1.54, 1.807) is 0 Å². The number of hydrogen-bond acceptors (Lipinski definition) is 2. The fraction of sp³-hybridized carbons (Fsp3) is 0.500. The van der Waals surface area contributed by atoms with E-state index in [0.29, 0.717) is 6.04 Å². The number of aromatic amines is 1. The van der Waals surface area contributed by atoms with Crippen molar-refractivity contribution in [2.45, 2.75) is 37.9 Å². The van der Waals surface area contributed by atoms with Gasteiger partial charge in [-0.25, -0.2) is 0 Å². The first-order valence-electron chi connectivity index (χ1n) is 7.42. The van der Waals surface area contributed by atoms with Crippen molar-refractivity contribution in [3.05, 3.63) is 36.0 Å². The lowest BCUT2D eigenvalue weighted by molar-refractivity contribution is 0.317.